The topological polar surface area (TPSA) is 203 Å². The molecule has 15 heteroatoms. The minimum atomic E-state index is -1.51. The summed E-state index contributed by atoms with van der Waals surface area (Å²) < 4.78 is 28.4. The average Bonchev–Trinajstić information content (AvgIpc) is 3.46. The van der Waals surface area contributed by atoms with Gasteiger partial charge < -0.3 is 34.5 Å². The molecule has 3 heterocycles. The van der Waals surface area contributed by atoms with E-state index in [1.54, 1.807) is 67.5 Å². The summed E-state index contributed by atoms with van der Waals surface area (Å²) in [6.45, 7) is 12.6. The summed E-state index contributed by atoms with van der Waals surface area (Å²) >= 11 is 0. The maximum atomic E-state index is 12.6. The number of aliphatic hydroxyl groups excluding tert-OH is 1. The number of nitrogens with one attached hydrogen (secondary N) is 1. The van der Waals surface area contributed by atoms with Crippen LogP contribution >= 0.6 is 0 Å². The number of amides is 1. The second-order valence-electron chi connectivity index (χ2n) is 12.5. The molecule has 0 unspecified atom stereocenters. The molecule has 2 aromatic rings. The minimum absolute atomic E-state index is 0.0448. The minimum Gasteiger partial charge on any atom is -0.462 e. The van der Waals surface area contributed by atoms with Crippen LogP contribution in [0.15, 0.2) is 18.5 Å². The fourth-order valence-electron chi connectivity index (χ4n) is 4.18. The van der Waals surface area contributed by atoms with Gasteiger partial charge in [0.15, 0.2) is 11.9 Å². The summed E-state index contributed by atoms with van der Waals surface area (Å²) in [6, 6.07) is 2.25. The lowest BCUT2D eigenvalue weighted by Crippen LogP contribution is -2.45. The first kappa shape index (κ1) is 33.7. The largest absolute Gasteiger partial charge is 0.462 e. The number of aliphatic hydroxyl groups is 1. The molecular weight excluding hydrogens is 566 g/mol. The normalized spacial score (nSPS) is 23.0. The second-order valence-corrected chi connectivity index (χ2v) is 12.5. The highest BCUT2D eigenvalue weighted by atomic mass is 16.7. The van der Waals surface area contributed by atoms with Crippen LogP contribution in [-0.4, -0.2) is 81.5 Å². The molecule has 15 nitrogen and oxygen atoms in total. The molecule has 2 aromatic heterocycles. The van der Waals surface area contributed by atoms with Gasteiger partial charge in [-0.1, -0.05) is 27.7 Å². The van der Waals surface area contributed by atoms with Gasteiger partial charge >= 0.3 is 24.0 Å². The molecule has 0 radical (unpaired) electrons. The third-order valence-corrected chi connectivity index (χ3v) is 6.94. The van der Waals surface area contributed by atoms with E-state index in [0.29, 0.717) is 11.2 Å². The highest BCUT2D eigenvalue weighted by Gasteiger charge is 2.56. The standard InChI is InChI=1S/C28H41N5O10/c1-9-18(34)42-19-16(12-39-23(36)20(29)26(2,3)4)43-28(8,21(19)35)17-11-10-15-22(30-13-31-33(15)17)32-25(38)41-14-40-24(37)27(5,6)7/h10-11,13,16,19-21,35H,9,12,14,29H2,1-8H3,(H,30,31,32,38)/t16-,19-,20-,21-,28+/m1/s1. The second kappa shape index (κ2) is 12.8. The van der Waals surface area contributed by atoms with E-state index in [4.69, 9.17) is 29.4 Å². The molecule has 1 amide bonds. The van der Waals surface area contributed by atoms with E-state index in [1.165, 1.54) is 4.52 Å². The van der Waals surface area contributed by atoms with Gasteiger partial charge in [0.1, 0.15) is 42.3 Å². The predicted molar refractivity (Wildman–Crippen MR) is 150 cm³/mol. The molecule has 1 aliphatic rings. The van der Waals surface area contributed by atoms with Gasteiger partial charge in [0, 0.05) is 6.42 Å². The molecule has 1 fully saturated rings. The van der Waals surface area contributed by atoms with Crippen LogP contribution < -0.4 is 11.1 Å². The molecule has 5 atom stereocenters. The van der Waals surface area contributed by atoms with Gasteiger partial charge in [0.2, 0.25) is 6.79 Å². The fourth-order valence-corrected chi connectivity index (χ4v) is 4.18. The van der Waals surface area contributed by atoms with Crippen LogP contribution in [0.25, 0.3) is 5.52 Å². The van der Waals surface area contributed by atoms with Crippen molar-refractivity contribution >= 4 is 35.3 Å². The highest BCUT2D eigenvalue weighted by Crippen LogP contribution is 2.42. The van der Waals surface area contributed by atoms with Gasteiger partial charge in [-0.15, -0.1) is 0 Å². The van der Waals surface area contributed by atoms with E-state index in [2.05, 4.69) is 15.4 Å². The Balaban J connectivity index is 1.82. The lowest BCUT2D eigenvalue weighted by Gasteiger charge is -2.27. The van der Waals surface area contributed by atoms with Gasteiger partial charge in [-0.3, -0.25) is 19.7 Å². The molecule has 238 valence electrons. The third kappa shape index (κ3) is 7.58. The third-order valence-electron chi connectivity index (χ3n) is 6.94. The number of nitrogens with zero attached hydrogens (tertiary/aromatic N) is 3. The average molecular weight is 608 g/mol. The molecular formula is C28H41N5O10. The number of fused-ring (bicyclic) bond motifs is 1. The van der Waals surface area contributed by atoms with E-state index in [-0.39, 0.29) is 18.8 Å². The van der Waals surface area contributed by atoms with E-state index in [9.17, 15) is 24.3 Å². The van der Waals surface area contributed by atoms with Crippen molar-refractivity contribution in [1.82, 2.24) is 14.6 Å². The van der Waals surface area contributed by atoms with Crippen LogP contribution in [0, 0.1) is 10.8 Å². The molecule has 0 saturated carbocycles. The number of ether oxygens (including phenoxy) is 5. The Labute approximate surface area is 249 Å². The van der Waals surface area contributed by atoms with Gasteiger partial charge in [-0.05, 0) is 45.2 Å². The first-order valence-corrected chi connectivity index (χ1v) is 13.8. The van der Waals surface area contributed by atoms with Crippen molar-refractivity contribution in [3.8, 4) is 0 Å². The van der Waals surface area contributed by atoms with Gasteiger partial charge in [-0.25, -0.2) is 14.3 Å². The molecule has 0 bridgehead atoms. The summed E-state index contributed by atoms with van der Waals surface area (Å²) in [4.78, 5) is 53.1. The van der Waals surface area contributed by atoms with Crippen molar-refractivity contribution in [2.75, 3.05) is 18.7 Å². The number of esters is 3. The molecule has 4 N–H and O–H groups in total. The van der Waals surface area contributed by atoms with Gasteiger partial charge in [0.05, 0.1) is 11.1 Å². The Hall–Kier alpha value is -3.82. The quantitative estimate of drug-likeness (QED) is 0.212. The summed E-state index contributed by atoms with van der Waals surface area (Å²) in [7, 11) is 0. The molecule has 3 rings (SSSR count). The maximum Gasteiger partial charge on any atom is 0.415 e. The Morgan fingerprint density at radius 2 is 1.81 bits per heavy atom. The Morgan fingerprint density at radius 1 is 1.14 bits per heavy atom. The number of anilines is 1. The number of nitrogens with two attached hydrogens (primary N) is 1. The predicted octanol–water partition coefficient (Wildman–Crippen LogP) is 2.04. The summed E-state index contributed by atoms with van der Waals surface area (Å²) in [6.07, 6.45) is -3.36. The van der Waals surface area contributed by atoms with E-state index in [0.717, 1.165) is 6.33 Å². The molecule has 1 saturated heterocycles. The van der Waals surface area contributed by atoms with Gasteiger partial charge in [0.25, 0.3) is 0 Å². The fraction of sp³-hybridized carbons (Fsp3) is 0.643. The Bertz CT molecular complexity index is 1350. The highest BCUT2D eigenvalue weighted by molar-refractivity contribution is 5.88. The number of rotatable bonds is 9. The van der Waals surface area contributed by atoms with Crippen LogP contribution in [-0.2, 0) is 43.7 Å². The zero-order valence-electron chi connectivity index (χ0n) is 25.7. The summed E-state index contributed by atoms with van der Waals surface area (Å²) in [5, 5.41) is 18.1. The lowest BCUT2D eigenvalue weighted by atomic mass is 9.87. The molecule has 1 aliphatic heterocycles. The van der Waals surface area contributed by atoms with Crippen molar-refractivity contribution in [1.29, 1.82) is 0 Å². The van der Waals surface area contributed by atoms with Crippen molar-refractivity contribution < 1.29 is 48.0 Å². The maximum absolute atomic E-state index is 12.6. The molecule has 43 heavy (non-hydrogen) atoms. The van der Waals surface area contributed by atoms with E-state index >= 15 is 0 Å². The van der Waals surface area contributed by atoms with Crippen LogP contribution in [0.3, 0.4) is 0 Å². The SMILES string of the molecule is CCC(=O)O[C@H]1[C@@H](O)[C@](C)(c2ccc3c(NC(=O)OCOC(=O)C(C)(C)C)ncnn23)O[C@@H]1COC(=O)[C@@H](N)C(C)(C)C. The molecule has 0 aromatic carbocycles. The van der Waals surface area contributed by atoms with Crippen LogP contribution in [0.4, 0.5) is 10.6 Å². The number of hydrogen-bond acceptors (Lipinski definition) is 13. The smallest absolute Gasteiger partial charge is 0.415 e. The van der Waals surface area contributed by atoms with Crippen molar-refractivity contribution in [2.24, 2.45) is 16.6 Å². The summed E-state index contributed by atoms with van der Waals surface area (Å²) in [5.74, 6) is -1.74. The number of carbonyl (C=O) groups is 4. The zero-order valence-corrected chi connectivity index (χ0v) is 25.7. The van der Waals surface area contributed by atoms with Gasteiger partial charge in [-0.2, -0.15) is 5.10 Å². The first-order chi connectivity index (χ1) is 19.9. The van der Waals surface area contributed by atoms with E-state index in [1.807, 2.05) is 0 Å². The monoisotopic (exact) mass is 607 g/mol. The Morgan fingerprint density at radius 3 is 2.42 bits per heavy atom. The van der Waals surface area contributed by atoms with Crippen molar-refractivity contribution in [3.63, 3.8) is 0 Å². The van der Waals surface area contributed by atoms with E-state index < -0.39 is 71.6 Å². The Kier molecular flexibility index (Phi) is 10.0. The number of aromatic nitrogens is 3. The van der Waals surface area contributed by atoms with Crippen LogP contribution in [0.2, 0.25) is 0 Å². The number of hydrogen-bond donors (Lipinski definition) is 3. The molecule has 0 spiro atoms. The summed E-state index contributed by atoms with van der Waals surface area (Å²) in [5.41, 5.74) is 3.81. The zero-order chi connectivity index (χ0) is 32.3. The molecule has 0 aliphatic carbocycles. The van der Waals surface area contributed by atoms with Crippen molar-refractivity contribution in [3.05, 3.63) is 24.2 Å². The first-order valence-electron chi connectivity index (χ1n) is 13.8. The van der Waals surface area contributed by atoms with Crippen LogP contribution in [0.5, 0.6) is 0 Å². The lowest BCUT2D eigenvalue weighted by molar-refractivity contribution is -0.162. The number of carbonyl (C=O) groups excluding carboxylic acids is 4. The van der Waals surface area contributed by atoms with Crippen molar-refractivity contribution in [2.45, 2.75) is 91.8 Å². The van der Waals surface area contributed by atoms with Crippen LogP contribution in [0.1, 0.15) is 67.5 Å².